The van der Waals surface area contributed by atoms with Crippen molar-refractivity contribution in [2.45, 2.75) is 13.0 Å². The molecule has 1 aromatic rings. The highest BCUT2D eigenvalue weighted by molar-refractivity contribution is 7.88. The van der Waals surface area contributed by atoms with Gasteiger partial charge in [0, 0.05) is 25.7 Å². The van der Waals surface area contributed by atoms with Crippen LogP contribution in [0.3, 0.4) is 0 Å². The molecule has 0 N–H and O–H groups in total. The van der Waals surface area contributed by atoms with Crippen LogP contribution in [0.25, 0.3) is 0 Å². The van der Waals surface area contributed by atoms with E-state index in [1.807, 2.05) is 18.2 Å². The molecule has 1 heterocycles. The number of likely N-dealkylation sites (N-methyl/N-ethyl adjacent to an activating group) is 1. The summed E-state index contributed by atoms with van der Waals surface area (Å²) in [4.78, 5) is 2.33. The quantitative estimate of drug-likeness (QED) is 0.830. The van der Waals surface area contributed by atoms with Gasteiger partial charge in [0.2, 0.25) is 10.0 Å². The van der Waals surface area contributed by atoms with Gasteiger partial charge in [-0.25, -0.2) is 8.42 Å². The van der Waals surface area contributed by atoms with Crippen molar-refractivity contribution in [1.29, 1.82) is 0 Å². The van der Waals surface area contributed by atoms with Crippen LogP contribution in [0.4, 0.5) is 0 Å². The van der Waals surface area contributed by atoms with E-state index < -0.39 is 10.0 Å². The molecule has 0 bridgehead atoms. The van der Waals surface area contributed by atoms with Crippen LogP contribution in [0, 0.1) is 0 Å². The average Bonchev–Trinajstić information content (AvgIpc) is 2.38. The van der Waals surface area contributed by atoms with E-state index >= 15 is 0 Å². The first kappa shape index (κ1) is 13.5. The molecule has 1 atom stereocenters. The number of sulfonamides is 1. The summed E-state index contributed by atoms with van der Waals surface area (Å²) in [5.74, 6) is 0. The second kappa shape index (κ2) is 5.38. The van der Waals surface area contributed by atoms with E-state index in [4.69, 9.17) is 0 Å². The lowest BCUT2D eigenvalue weighted by atomic mass is 10.0. The fourth-order valence-corrected chi connectivity index (χ4v) is 3.29. The smallest absolute Gasteiger partial charge is 0.211 e. The van der Waals surface area contributed by atoms with E-state index in [9.17, 15) is 8.42 Å². The lowest BCUT2D eigenvalue weighted by Gasteiger charge is -2.40. The highest BCUT2D eigenvalue weighted by atomic mass is 32.2. The third-order valence-electron chi connectivity index (χ3n) is 3.51. The van der Waals surface area contributed by atoms with Gasteiger partial charge in [-0.05, 0) is 12.1 Å². The first-order valence-corrected chi connectivity index (χ1v) is 8.11. The van der Waals surface area contributed by atoms with Gasteiger partial charge in [0.25, 0.3) is 0 Å². The maximum absolute atomic E-state index is 11.7. The summed E-state index contributed by atoms with van der Waals surface area (Å²) < 4.78 is 24.9. The van der Waals surface area contributed by atoms with Gasteiger partial charge in [-0.1, -0.05) is 37.3 Å². The fourth-order valence-electron chi connectivity index (χ4n) is 2.47. The van der Waals surface area contributed by atoms with Crippen molar-refractivity contribution in [3.05, 3.63) is 35.9 Å². The predicted molar refractivity (Wildman–Crippen MR) is 72.8 cm³/mol. The normalized spacial score (nSPS) is 23.1. The van der Waals surface area contributed by atoms with E-state index in [1.54, 1.807) is 4.31 Å². The molecule has 1 aromatic carbocycles. The van der Waals surface area contributed by atoms with Crippen LogP contribution >= 0.6 is 0 Å². The summed E-state index contributed by atoms with van der Waals surface area (Å²) in [5.41, 5.74) is 1.19. The van der Waals surface area contributed by atoms with Crippen molar-refractivity contribution in [1.82, 2.24) is 9.21 Å². The molecule has 0 amide bonds. The first-order valence-electron chi connectivity index (χ1n) is 6.26. The minimum Gasteiger partial charge on any atom is -0.294 e. The minimum absolute atomic E-state index is 0.166. The lowest BCUT2D eigenvalue weighted by molar-refractivity contribution is 0.125. The van der Waals surface area contributed by atoms with Crippen LogP contribution < -0.4 is 0 Å². The summed E-state index contributed by atoms with van der Waals surface area (Å²) in [6.07, 6.45) is 1.29. The molecule has 1 aliphatic rings. The first-order chi connectivity index (χ1) is 8.52. The van der Waals surface area contributed by atoms with Crippen molar-refractivity contribution in [2.24, 2.45) is 0 Å². The monoisotopic (exact) mass is 268 g/mol. The maximum Gasteiger partial charge on any atom is 0.211 e. The van der Waals surface area contributed by atoms with Crippen molar-refractivity contribution in [2.75, 3.05) is 32.4 Å². The Bertz CT molecular complexity index is 487. The Morgan fingerprint density at radius 3 is 2.44 bits per heavy atom. The van der Waals surface area contributed by atoms with E-state index in [2.05, 4.69) is 24.0 Å². The van der Waals surface area contributed by atoms with Gasteiger partial charge in [0.1, 0.15) is 0 Å². The largest absolute Gasteiger partial charge is 0.294 e. The fraction of sp³-hybridized carbons (Fsp3) is 0.538. The molecule has 1 aliphatic heterocycles. The molecular weight excluding hydrogens is 248 g/mol. The van der Waals surface area contributed by atoms with E-state index in [-0.39, 0.29) is 6.04 Å². The van der Waals surface area contributed by atoms with Crippen molar-refractivity contribution >= 4 is 10.0 Å². The van der Waals surface area contributed by atoms with Crippen molar-refractivity contribution in [3.8, 4) is 0 Å². The van der Waals surface area contributed by atoms with Gasteiger partial charge < -0.3 is 0 Å². The molecule has 1 saturated heterocycles. The molecule has 5 heteroatoms. The Labute approximate surface area is 109 Å². The number of hydrogen-bond donors (Lipinski definition) is 0. The minimum atomic E-state index is -3.09. The average molecular weight is 268 g/mol. The Morgan fingerprint density at radius 2 is 1.89 bits per heavy atom. The molecule has 0 aliphatic carbocycles. The van der Waals surface area contributed by atoms with Crippen LogP contribution in [0.15, 0.2) is 30.3 Å². The number of hydrogen-bond acceptors (Lipinski definition) is 3. The third-order valence-corrected chi connectivity index (χ3v) is 4.78. The van der Waals surface area contributed by atoms with Crippen molar-refractivity contribution < 1.29 is 8.42 Å². The van der Waals surface area contributed by atoms with Gasteiger partial charge in [0.05, 0.1) is 6.26 Å². The highest BCUT2D eigenvalue weighted by Gasteiger charge is 2.31. The van der Waals surface area contributed by atoms with E-state index in [0.717, 1.165) is 13.1 Å². The Kier molecular flexibility index (Phi) is 4.04. The van der Waals surface area contributed by atoms with Crippen LogP contribution in [0.1, 0.15) is 18.5 Å². The zero-order valence-corrected chi connectivity index (χ0v) is 11.7. The maximum atomic E-state index is 11.7. The lowest BCUT2D eigenvalue weighted by Crippen LogP contribution is -2.49. The molecule has 0 saturated carbocycles. The number of benzene rings is 1. The standard InChI is InChI=1S/C13H20N2O2S/c1-3-14-9-10-15(18(2,16)17)11-13(14)12-7-5-4-6-8-12/h4-8,13H,3,9-11H2,1-2H3. The SMILES string of the molecule is CCN1CCN(S(C)(=O)=O)CC1c1ccccc1. The highest BCUT2D eigenvalue weighted by Crippen LogP contribution is 2.25. The van der Waals surface area contributed by atoms with Crippen molar-refractivity contribution in [3.63, 3.8) is 0 Å². The summed E-state index contributed by atoms with van der Waals surface area (Å²) >= 11 is 0. The van der Waals surface area contributed by atoms with Gasteiger partial charge in [0.15, 0.2) is 0 Å². The second-order valence-electron chi connectivity index (χ2n) is 4.68. The third kappa shape index (κ3) is 2.91. The predicted octanol–water partition coefficient (Wildman–Crippen LogP) is 1.32. The number of nitrogens with zero attached hydrogens (tertiary/aromatic N) is 2. The van der Waals surface area contributed by atoms with E-state index in [0.29, 0.717) is 13.1 Å². The molecule has 0 radical (unpaired) electrons. The topological polar surface area (TPSA) is 40.6 Å². The molecule has 4 nitrogen and oxygen atoms in total. The zero-order chi connectivity index (χ0) is 13.2. The van der Waals surface area contributed by atoms with Crippen LogP contribution in [0.2, 0.25) is 0 Å². The molecule has 0 spiro atoms. The molecule has 2 rings (SSSR count). The molecule has 1 fully saturated rings. The van der Waals surface area contributed by atoms with Gasteiger partial charge in [-0.3, -0.25) is 4.90 Å². The molecule has 1 unspecified atom stereocenters. The van der Waals surface area contributed by atoms with Crippen LogP contribution in [-0.4, -0.2) is 50.1 Å². The van der Waals surface area contributed by atoms with Gasteiger partial charge in [-0.2, -0.15) is 4.31 Å². The summed E-state index contributed by atoms with van der Waals surface area (Å²) in [6, 6.07) is 10.3. The Hall–Kier alpha value is -0.910. The number of piperazine rings is 1. The van der Waals surface area contributed by atoms with Crippen LogP contribution in [-0.2, 0) is 10.0 Å². The van der Waals surface area contributed by atoms with Gasteiger partial charge in [-0.15, -0.1) is 0 Å². The molecule has 18 heavy (non-hydrogen) atoms. The molecule has 100 valence electrons. The second-order valence-corrected chi connectivity index (χ2v) is 6.66. The molecule has 0 aromatic heterocycles. The summed E-state index contributed by atoms with van der Waals surface area (Å²) in [7, 11) is -3.09. The number of rotatable bonds is 3. The summed E-state index contributed by atoms with van der Waals surface area (Å²) in [5, 5.41) is 0. The Morgan fingerprint density at radius 1 is 1.22 bits per heavy atom. The Balaban J connectivity index is 2.24. The van der Waals surface area contributed by atoms with Gasteiger partial charge >= 0.3 is 0 Å². The van der Waals surface area contributed by atoms with E-state index in [1.165, 1.54) is 11.8 Å². The van der Waals surface area contributed by atoms with Crippen LogP contribution in [0.5, 0.6) is 0 Å². The summed E-state index contributed by atoms with van der Waals surface area (Å²) in [6.45, 7) is 5.00. The zero-order valence-electron chi connectivity index (χ0n) is 10.9. The molecular formula is C13H20N2O2S.